The minimum atomic E-state index is -0.774. The molecule has 82 valence electrons. The maximum absolute atomic E-state index is 11.1. The second-order valence-corrected chi connectivity index (χ2v) is 3.44. The Balaban J connectivity index is 2.60. The molecule has 0 fully saturated rings. The van der Waals surface area contributed by atoms with Crippen LogP contribution >= 0.6 is 0 Å². The van der Waals surface area contributed by atoms with Crippen molar-refractivity contribution in [2.24, 2.45) is 0 Å². The van der Waals surface area contributed by atoms with E-state index >= 15 is 0 Å². The van der Waals surface area contributed by atoms with Crippen molar-refractivity contribution in [1.29, 1.82) is 0 Å². The highest BCUT2D eigenvalue weighted by molar-refractivity contribution is 5.70. The summed E-state index contributed by atoms with van der Waals surface area (Å²) in [6.07, 6.45) is -0.763. The van der Waals surface area contributed by atoms with Gasteiger partial charge in [-0.25, -0.2) is 0 Å². The van der Waals surface area contributed by atoms with Gasteiger partial charge >= 0.3 is 5.97 Å². The quantitative estimate of drug-likeness (QED) is 0.769. The molecule has 0 unspecified atom stereocenters. The lowest BCUT2D eigenvalue weighted by molar-refractivity contribution is -0.145. The maximum atomic E-state index is 11.1. The molecule has 0 radical (unpaired) electrons. The Morgan fingerprint density at radius 2 is 2.27 bits per heavy atom. The molecule has 15 heavy (non-hydrogen) atoms. The van der Waals surface area contributed by atoms with Crippen LogP contribution in [0.5, 0.6) is 0 Å². The lowest BCUT2D eigenvalue weighted by atomic mass is 10.0. The van der Waals surface area contributed by atoms with Gasteiger partial charge < -0.3 is 9.84 Å². The highest BCUT2D eigenvalue weighted by Gasteiger charge is 2.13. The van der Waals surface area contributed by atoms with Crippen LogP contribution in [0.1, 0.15) is 30.6 Å². The number of hydrogen-bond acceptors (Lipinski definition) is 3. The van der Waals surface area contributed by atoms with Gasteiger partial charge in [0.1, 0.15) is 0 Å². The van der Waals surface area contributed by atoms with E-state index in [1.807, 2.05) is 25.1 Å². The van der Waals surface area contributed by atoms with E-state index in [0.29, 0.717) is 6.61 Å². The van der Waals surface area contributed by atoms with Gasteiger partial charge in [0.25, 0.3) is 0 Å². The molecule has 0 saturated carbocycles. The molecule has 0 aliphatic heterocycles. The number of aliphatic hydroxyl groups excluding tert-OH is 1. The molecule has 0 aliphatic carbocycles. The molecule has 0 heterocycles. The average molecular weight is 208 g/mol. The largest absolute Gasteiger partial charge is 0.466 e. The molecular weight excluding hydrogens is 192 g/mol. The fourth-order valence-corrected chi connectivity index (χ4v) is 1.37. The summed E-state index contributed by atoms with van der Waals surface area (Å²) in [4.78, 5) is 11.1. The summed E-state index contributed by atoms with van der Waals surface area (Å²) in [6.45, 7) is 4.04. The molecule has 1 atom stereocenters. The average Bonchev–Trinajstić information content (AvgIpc) is 2.18. The predicted molar refractivity (Wildman–Crippen MR) is 57.4 cm³/mol. The van der Waals surface area contributed by atoms with E-state index in [2.05, 4.69) is 0 Å². The van der Waals surface area contributed by atoms with Crippen molar-refractivity contribution in [3.8, 4) is 0 Å². The van der Waals surface area contributed by atoms with Gasteiger partial charge in [0.15, 0.2) is 0 Å². The number of aryl methyl sites for hydroxylation is 1. The van der Waals surface area contributed by atoms with Crippen LogP contribution in [0, 0.1) is 6.92 Å². The molecule has 0 aliphatic rings. The summed E-state index contributed by atoms with van der Waals surface area (Å²) >= 11 is 0. The number of carbonyl (C=O) groups excluding carboxylic acids is 1. The van der Waals surface area contributed by atoms with Crippen molar-refractivity contribution >= 4 is 5.97 Å². The number of rotatable bonds is 4. The summed E-state index contributed by atoms with van der Waals surface area (Å²) in [5, 5.41) is 9.74. The Morgan fingerprint density at radius 1 is 1.53 bits per heavy atom. The highest BCUT2D eigenvalue weighted by Crippen LogP contribution is 2.17. The first kappa shape index (κ1) is 11.7. The molecule has 3 heteroatoms. The van der Waals surface area contributed by atoms with Crippen LogP contribution in [0.3, 0.4) is 0 Å². The topological polar surface area (TPSA) is 46.5 Å². The molecule has 0 saturated heterocycles. The fourth-order valence-electron chi connectivity index (χ4n) is 1.37. The normalized spacial score (nSPS) is 12.2. The van der Waals surface area contributed by atoms with Gasteiger partial charge in [-0.05, 0) is 19.4 Å². The van der Waals surface area contributed by atoms with E-state index in [9.17, 15) is 9.90 Å². The summed E-state index contributed by atoms with van der Waals surface area (Å²) in [5.41, 5.74) is 1.82. The van der Waals surface area contributed by atoms with Crippen LogP contribution < -0.4 is 0 Å². The van der Waals surface area contributed by atoms with Crippen LogP contribution in [-0.2, 0) is 9.53 Å². The number of ether oxygens (including phenoxy) is 1. The first-order valence-corrected chi connectivity index (χ1v) is 5.03. The Morgan fingerprint density at radius 3 is 2.87 bits per heavy atom. The van der Waals surface area contributed by atoms with Gasteiger partial charge in [0, 0.05) is 0 Å². The van der Waals surface area contributed by atoms with Gasteiger partial charge in [0.2, 0.25) is 0 Å². The molecule has 1 N–H and O–H groups in total. The van der Waals surface area contributed by atoms with Gasteiger partial charge in [-0.3, -0.25) is 4.79 Å². The first-order chi connectivity index (χ1) is 7.13. The number of carbonyl (C=O) groups is 1. The van der Waals surface area contributed by atoms with Crippen molar-refractivity contribution in [3.63, 3.8) is 0 Å². The molecule has 0 bridgehead atoms. The second kappa shape index (κ2) is 5.51. The molecule has 1 aromatic rings. The van der Waals surface area contributed by atoms with Gasteiger partial charge in [0.05, 0.1) is 19.1 Å². The summed E-state index contributed by atoms with van der Waals surface area (Å²) in [7, 11) is 0. The van der Waals surface area contributed by atoms with Crippen molar-refractivity contribution in [2.75, 3.05) is 6.61 Å². The Labute approximate surface area is 89.7 Å². The van der Waals surface area contributed by atoms with Gasteiger partial charge in [-0.2, -0.15) is 0 Å². The second-order valence-electron chi connectivity index (χ2n) is 3.44. The highest BCUT2D eigenvalue weighted by atomic mass is 16.5. The molecule has 1 aromatic carbocycles. The zero-order chi connectivity index (χ0) is 11.3. The molecule has 3 nitrogen and oxygen atoms in total. The van der Waals surface area contributed by atoms with Gasteiger partial charge in [-0.15, -0.1) is 0 Å². The smallest absolute Gasteiger partial charge is 0.308 e. The van der Waals surface area contributed by atoms with Crippen molar-refractivity contribution in [2.45, 2.75) is 26.4 Å². The molecule has 0 aromatic heterocycles. The van der Waals surface area contributed by atoms with Crippen molar-refractivity contribution < 1.29 is 14.6 Å². The van der Waals surface area contributed by atoms with Crippen molar-refractivity contribution in [1.82, 2.24) is 0 Å². The molecule has 1 rings (SSSR count). The predicted octanol–water partition coefficient (Wildman–Crippen LogP) is 1.98. The Kier molecular flexibility index (Phi) is 4.31. The van der Waals surface area contributed by atoms with E-state index in [1.165, 1.54) is 0 Å². The maximum Gasteiger partial charge on any atom is 0.308 e. The number of hydrogen-bond donors (Lipinski definition) is 1. The Hall–Kier alpha value is -1.35. The van der Waals surface area contributed by atoms with Crippen LogP contribution in [0.25, 0.3) is 0 Å². The first-order valence-electron chi connectivity index (χ1n) is 5.03. The van der Waals surface area contributed by atoms with E-state index in [4.69, 9.17) is 4.74 Å². The monoisotopic (exact) mass is 208 g/mol. The standard InChI is InChI=1S/C12H16O3/c1-3-15-12(14)8-11(13)10-6-4-5-9(2)7-10/h4-7,11,13H,3,8H2,1-2H3/t11-/m0/s1. The van der Waals surface area contributed by atoms with E-state index in [1.54, 1.807) is 13.0 Å². The lowest BCUT2D eigenvalue weighted by Gasteiger charge is -2.10. The SMILES string of the molecule is CCOC(=O)C[C@H](O)c1cccc(C)c1. The summed E-state index contributed by atoms with van der Waals surface area (Å²) in [6, 6.07) is 7.47. The molecule has 0 amide bonds. The van der Waals surface area contributed by atoms with Gasteiger partial charge in [-0.1, -0.05) is 29.8 Å². The zero-order valence-corrected chi connectivity index (χ0v) is 9.06. The molecule has 0 spiro atoms. The summed E-state index contributed by atoms with van der Waals surface area (Å²) in [5.74, 6) is -0.369. The third-order valence-corrected chi connectivity index (χ3v) is 2.09. The van der Waals surface area contributed by atoms with E-state index in [-0.39, 0.29) is 12.4 Å². The van der Waals surface area contributed by atoms with E-state index < -0.39 is 6.10 Å². The van der Waals surface area contributed by atoms with Crippen molar-refractivity contribution in [3.05, 3.63) is 35.4 Å². The minimum Gasteiger partial charge on any atom is -0.466 e. The van der Waals surface area contributed by atoms with Crippen LogP contribution in [0.2, 0.25) is 0 Å². The minimum absolute atomic E-state index is 0.0112. The van der Waals surface area contributed by atoms with Crippen LogP contribution in [0.15, 0.2) is 24.3 Å². The lowest BCUT2D eigenvalue weighted by Crippen LogP contribution is -2.10. The fraction of sp³-hybridized carbons (Fsp3) is 0.417. The Bertz CT molecular complexity index is 333. The number of benzene rings is 1. The third-order valence-electron chi connectivity index (χ3n) is 2.09. The number of aliphatic hydroxyl groups is 1. The molecular formula is C12H16O3. The zero-order valence-electron chi connectivity index (χ0n) is 9.06. The van der Waals surface area contributed by atoms with Crippen LogP contribution in [0.4, 0.5) is 0 Å². The van der Waals surface area contributed by atoms with E-state index in [0.717, 1.165) is 11.1 Å². The van der Waals surface area contributed by atoms with Crippen LogP contribution in [-0.4, -0.2) is 17.7 Å². The number of esters is 1. The third kappa shape index (κ3) is 3.72. The summed E-state index contributed by atoms with van der Waals surface area (Å²) < 4.78 is 4.77.